The molecule has 2 N–H and O–H groups in total. The quantitative estimate of drug-likeness (QED) is 0.438. The summed E-state index contributed by atoms with van der Waals surface area (Å²) in [7, 11) is 1.60. The first-order chi connectivity index (χ1) is 20.3. The normalized spacial score (nSPS) is 31.1. The van der Waals surface area contributed by atoms with Crippen molar-refractivity contribution in [1.82, 2.24) is 10.2 Å². The number of ether oxygens (including phenoxy) is 3. The van der Waals surface area contributed by atoms with E-state index in [9.17, 15) is 14.4 Å². The van der Waals surface area contributed by atoms with Crippen LogP contribution in [0.1, 0.15) is 45.1 Å². The molecule has 0 aromatic heterocycles. The first kappa shape index (κ1) is 28.3. The molecule has 2 bridgehead atoms. The number of hydrogen-bond donors (Lipinski definition) is 2. The van der Waals surface area contributed by atoms with Crippen LogP contribution in [0.15, 0.2) is 60.7 Å². The average Bonchev–Trinajstić information content (AvgIpc) is 3.63. The average molecular weight is 574 g/mol. The Morgan fingerprint density at radius 3 is 2.43 bits per heavy atom. The topological polar surface area (TPSA) is 106 Å². The maximum absolute atomic E-state index is 14.3. The number of fused-ring (bicyclic) bond motifs is 1. The molecule has 4 aliphatic rings. The number of anilines is 1. The Labute approximate surface area is 246 Å². The molecule has 6 rings (SSSR count). The van der Waals surface area contributed by atoms with Crippen molar-refractivity contribution in [2.45, 2.75) is 69.9 Å². The molecule has 3 heterocycles. The molecule has 2 aromatic carbocycles. The van der Waals surface area contributed by atoms with Crippen molar-refractivity contribution in [2.75, 3.05) is 19.0 Å². The SMILES string of the molecule is CCOc1ccc(NC(=O)C2[C@@H]3C=CC4(O3)C(C(=O)NC3CCCCC3C)N(Cc3ccc(OC)cc3)C(=O)[C@H]24)cc1. The fourth-order valence-corrected chi connectivity index (χ4v) is 7.18. The van der Waals surface area contributed by atoms with E-state index < -0.39 is 29.6 Å². The van der Waals surface area contributed by atoms with Gasteiger partial charge in [0, 0.05) is 18.3 Å². The lowest BCUT2D eigenvalue weighted by Crippen LogP contribution is -2.57. The highest BCUT2D eigenvalue weighted by Crippen LogP contribution is 2.55. The molecule has 1 spiro atoms. The molecule has 1 saturated carbocycles. The number of carbonyl (C=O) groups excluding carboxylic acids is 3. The van der Waals surface area contributed by atoms with Crippen LogP contribution in [-0.4, -0.2) is 60.1 Å². The molecule has 3 fully saturated rings. The minimum absolute atomic E-state index is 0.0426. The minimum Gasteiger partial charge on any atom is -0.497 e. The van der Waals surface area contributed by atoms with Crippen LogP contribution in [0.4, 0.5) is 5.69 Å². The summed E-state index contributed by atoms with van der Waals surface area (Å²) in [5.74, 6) is -0.586. The standard InChI is InChI=1S/C33H39N3O6/c1-4-41-24-15-11-22(12-16-24)34-30(37)27-26-17-18-33(42-26)28(27)32(39)36(19-21-9-13-23(40-3)14-10-21)29(33)31(38)35-25-8-6-5-7-20(25)2/h9-18,20,25-29H,4-8,19H2,1-3H3,(H,34,37)(H,35,38)/t20?,25?,26-,27?,28-,29?,33?/m0/s1. The smallest absolute Gasteiger partial charge is 0.246 e. The van der Waals surface area contributed by atoms with Gasteiger partial charge in [-0.1, -0.05) is 44.1 Å². The second-order valence-electron chi connectivity index (χ2n) is 11.8. The third-order valence-electron chi connectivity index (χ3n) is 9.31. The van der Waals surface area contributed by atoms with Gasteiger partial charge in [0.05, 0.1) is 31.7 Å². The number of likely N-dealkylation sites (tertiary alicyclic amines) is 1. The molecule has 42 heavy (non-hydrogen) atoms. The molecule has 9 heteroatoms. The van der Waals surface area contributed by atoms with E-state index in [-0.39, 0.29) is 30.3 Å². The molecule has 5 unspecified atom stereocenters. The second kappa shape index (κ2) is 11.4. The van der Waals surface area contributed by atoms with Crippen molar-refractivity contribution in [1.29, 1.82) is 0 Å². The van der Waals surface area contributed by atoms with Crippen LogP contribution in [0.25, 0.3) is 0 Å². The number of methoxy groups -OCH3 is 1. The summed E-state index contributed by atoms with van der Waals surface area (Å²) in [5.41, 5.74) is 0.250. The number of benzene rings is 2. The van der Waals surface area contributed by atoms with Crippen molar-refractivity contribution in [3.8, 4) is 11.5 Å². The lowest BCUT2D eigenvalue weighted by molar-refractivity contribution is -0.142. The summed E-state index contributed by atoms with van der Waals surface area (Å²) in [5, 5.41) is 6.24. The molecule has 0 radical (unpaired) electrons. The van der Waals surface area contributed by atoms with E-state index in [1.54, 1.807) is 36.3 Å². The third kappa shape index (κ3) is 4.93. The summed E-state index contributed by atoms with van der Waals surface area (Å²) in [6.07, 6.45) is 7.29. The van der Waals surface area contributed by atoms with Gasteiger partial charge in [0.1, 0.15) is 23.1 Å². The largest absolute Gasteiger partial charge is 0.497 e. The fourth-order valence-electron chi connectivity index (χ4n) is 7.18. The molecule has 9 nitrogen and oxygen atoms in total. The van der Waals surface area contributed by atoms with E-state index >= 15 is 0 Å². The predicted molar refractivity (Wildman–Crippen MR) is 157 cm³/mol. The Kier molecular flexibility index (Phi) is 7.70. The van der Waals surface area contributed by atoms with Gasteiger partial charge in [0.15, 0.2) is 0 Å². The lowest BCUT2D eigenvalue weighted by atomic mass is 9.74. The zero-order chi connectivity index (χ0) is 29.4. The number of rotatable bonds is 9. The summed E-state index contributed by atoms with van der Waals surface area (Å²) >= 11 is 0. The molecule has 2 saturated heterocycles. The Balaban J connectivity index is 1.29. The molecular formula is C33H39N3O6. The van der Waals surface area contributed by atoms with Crippen LogP contribution in [0.5, 0.6) is 11.5 Å². The van der Waals surface area contributed by atoms with Crippen LogP contribution >= 0.6 is 0 Å². The molecular weight excluding hydrogens is 534 g/mol. The van der Waals surface area contributed by atoms with Crippen molar-refractivity contribution in [3.63, 3.8) is 0 Å². The van der Waals surface area contributed by atoms with Gasteiger partial charge in [-0.15, -0.1) is 0 Å². The first-order valence-electron chi connectivity index (χ1n) is 15.0. The van der Waals surface area contributed by atoms with Gasteiger partial charge in [-0.2, -0.15) is 0 Å². The van der Waals surface area contributed by atoms with Crippen molar-refractivity contribution >= 4 is 23.4 Å². The summed E-state index contributed by atoms with van der Waals surface area (Å²) in [6, 6.07) is 13.7. The van der Waals surface area contributed by atoms with Crippen LogP contribution in [0.2, 0.25) is 0 Å². The number of carbonyl (C=O) groups is 3. The van der Waals surface area contributed by atoms with Gasteiger partial charge >= 0.3 is 0 Å². The molecule has 3 aliphatic heterocycles. The van der Waals surface area contributed by atoms with E-state index in [4.69, 9.17) is 14.2 Å². The Hall–Kier alpha value is -3.85. The highest BCUT2D eigenvalue weighted by Gasteiger charge is 2.72. The maximum Gasteiger partial charge on any atom is 0.246 e. The van der Waals surface area contributed by atoms with Crippen LogP contribution in [0, 0.1) is 17.8 Å². The van der Waals surface area contributed by atoms with E-state index in [0.717, 1.165) is 31.2 Å². The number of nitrogens with one attached hydrogen (secondary N) is 2. The molecule has 1 aliphatic carbocycles. The van der Waals surface area contributed by atoms with Gasteiger partial charge in [0.2, 0.25) is 17.7 Å². The lowest BCUT2D eigenvalue weighted by Gasteiger charge is -2.36. The number of nitrogens with zero attached hydrogens (tertiary/aromatic N) is 1. The summed E-state index contributed by atoms with van der Waals surface area (Å²) in [4.78, 5) is 43.7. The van der Waals surface area contributed by atoms with Gasteiger partial charge in [-0.3, -0.25) is 14.4 Å². The van der Waals surface area contributed by atoms with Crippen LogP contribution < -0.4 is 20.1 Å². The minimum atomic E-state index is -1.21. The molecule has 7 atom stereocenters. The summed E-state index contributed by atoms with van der Waals surface area (Å²) in [6.45, 7) is 4.84. The van der Waals surface area contributed by atoms with E-state index in [0.29, 0.717) is 29.7 Å². The highest BCUT2D eigenvalue weighted by atomic mass is 16.5. The van der Waals surface area contributed by atoms with Gasteiger partial charge < -0.3 is 29.7 Å². The number of hydrogen-bond acceptors (Lipinski definition) is 6. The third-order valence-corrected chi connectivity index (χ3v) is 9.31. The first-order valence-corrected chi connectivity index (χ1v) is 15.0. The zero-order valence-corrected chi connectivity index (χ0v) is 24.4. The predicted octanol–water partition coefficient (Wildman–Crippen LogP) is 4.08. The maximum atomic E-state index is 14.3. The van der Waals surface area contributed by atoms with Gasteiger partial charge in [-0.25, -0.2) is 0 Å². The summed E-state index contributed by atoms with van der Waals surface area (Å²) < 4.78 is 17.3. The van der Waals surface area contributed by atoms with Crippen molar-refractivity contribution in [2.24, 2.45) is 17.8 Å². The van der Waals surface area contributed by atoms with Gasteiger partial charge in [-0.05, 0) is 67.6 Å². The number of amides is 3. The monoisotopic (exact) mass is 573 g/mol. The van der Waals surface area contributed by atoms with E-state index in [2.05, 4.69) is 17.6 Å². The van der Waals surface area contributed by atoms with Crippen LogP contribution in [0.3, 0.4) is 0 Å². The molecule has 3 amide bonds. The van der Waals surface area contributed by atoms with Gasteiger partial charge in [0.25, 0.3) is 0 Å². The molecule has 2 aromatic rings. The second-order valence-corrected chi connectivity index (χ2v) is 11.8. The zero-order valence-electron chi connectivity index (χ0n) is 24.4. The Morgan fingerprint density at radius 2 is 1.74 bits per heavy atom. The Bertz CT molecular complexity index is 1360. The van der Waals surface area contributed by atoms with Crippen LogP contribution in [-0.2, 0) is 25.7 Å². The van der Waals surface area contributed by atoms with Crippen molar-refractivity contribution < 1.29 is 28.6 Å². The fraction of sp³-hybridized carbons (Fsp3) is 0.485. The highest BCUT2D eigenvalue weighted by molar-refractivity contribution is 6.02. The van der Waals surface area contributed by atoms with E-state index in [1.165, 1.54) is 0 Å². The van der Waals surface area contributed by atoms with Crippen molar-refractivity contribution in [3.05, 3.63) is 66.2 Å². The van der Waals surface area contributed by atoms with E-state index in [1.807, 2.05) is 43.3 Å². The molecule has 222 valence electrons. The Morgan fingerprint density at radius 1 is 1.02 bits per heavy atom.